The van der Waals surface area contributed by atoms with Gasteiger partial charge in [0.05, 0.1) is 12.1 Å². The zero-order valence-corrected chi connectivity index (χ0v) is 13.5. The smallest absolute Gasteiger partial charge is 0.252 e. The van der Waals surface area contributed by atoms with E-state index < -0.39 is 0 Å². The summed E-state index contributed by atoms with van der Waals surface area (Å²) in [6, 6.07) is 7.29. The second-order valence-corrected chi connectivity index (χ2v) is 6.32. The highest BCUT2D eigenvalue weighted by atomic mass is 79.9. The molecule has 1 N–H and O–H groups in total. The Labute approximate surface area is 129 Å². The van der Waals surface area contributed by atoms with Crippen molar-refractivity contribution in [2.75, 3.05) is 0 Å². The first-order chi connectivity index (χ1) is 9.11. The number of nitrogens with one attached hydrogen (secondary N) is 1. The lowest BCUT2D eigenvalue weighted by atomic mass is 10.2. The van der Waals surface area contributed by atoms with Crippen LogP contribution in [0.5, 0.6) is 0 Å². The van der Waals surface area contributed by atoms with E-state index in [1.165, 1.54) is 10.4 Å². The molecular formula is C14H13BrClNOS. The van der Waals surface area contributed by atoms with E-state index >= 15 is 0 Å². The van der Waals surface area contributed by atoms with Crippen LogP contribution in [0.3, 0.4) is 0 Å². The molecule has 0 unspecified atom stereocenters. The molecule has 0 aliphatic rings. The summed E-state index contributed by atoms with van der Waals surface area (Å²) in [6.45, 7) is 2.67. The molecule has 1 amide bonds. The van der Waals surface area contributed by atoms with Gasteiger partial charge in [-0.15, -0.1) is 11.3 Å². The summed E-state index contributed by atoms with van der Waals surface area (Å²) in [7, 11) is 0. The predicted octanol–water partition coefficient (Wildman–Crippen LogP) is 4.66. The van der Waals surface area contributed by atoms with Crippen molar-refractivity contribution in [3.63, 3.8) is 0 Å². The summed E-state index contributed by atoms with van der Waals surface area (Å²) < 4.78 is 0.747. The van der Waals surface area contributed by atoms with Crippen LogP contribution in [-0.4, -0.2) is 5.91 Å². The van der Waals surface area contributed by atoms with E-state index in [0.717, 1.165) is 10.9 Å². The number of thiophene rings is 1. The molecule has 0 aliphatic heterocycles. The first-order valence-electron chi connectivity index (χ1n) is 5.90. The summed E-state index contributed by atoms with van der Waals surface area (Å²) in [5, 5.41) is 5.53. The molecule has 1 heterocycles. The van der Waals surface area contributed by atoms with Crippen molar-refractivity contribution in [2.24, 2.45) is 0 Å². The van der Waals surface area contributed by atoms with Gasteiger partial charge in [0.15, 0.2) is 0 Å². The van der Waals surface area contributed by atoms with Gasteiger partial charge in [0.25, 0.3) is 5.91 Å². The summed E-state index contributed by atoms with van der Waals surface area (Å²) in [5.41, 5.74) is 1.84. The molecule has 0 atom stereocenters. The molecule has 1 aromatic heterocycles. The molecular weight excluding hydrogens is 346 g/mol. The van der Waals surface area contributed by atoms with Crippen molar-refractivity contribution in [2.45, 2.75) is 19.9 Å². The van der Waals surface area contributed by atoms with Crippen LogP contribution in [0.15, 0.2) is 34.1 Å². The van der Waals surface area contributed by atoms with E-state index in [9.17, 15) is 4.79 Å². The summed E-state index contributed by atoms with van der Waals surface area (Å²) in [6.07, 6.45) is 0.982. The maximum atomic E-state index is 12.1. The van der Waals surface area contributed by atoms with Crippen molar-refractivity contribution in [1.82, 2.24) is 5.32 Å². The highest BCUT2D eigenvalue weighted by Crippen LogP contribution is 2.22. The zero-order valence-electron chi connectivity index (χ0n) is 10.4. The highest BCUT2D eigenvalue weighted by molar-refractivity contribution is 9.10. The van der Waals surface area contributed by atoms with Gasteiger partial charge >= 0.3 is 0 Å². The van der Waals surface area contributed by atoms with Gasteiger partial charge in [-0.05, 0) is 57.6 Å². The number of aryl methyl sites for hydroxylation is 1. The number of benzene rings is 1. The van der Waals surface area contributed by atoms with Crippen LogP contribution < -0.4 is 5.32 Å². The Balaban J connectivity index is 2.07. The highest BCUT2D eigenvalue weighted by Gasteiger charge is 2.11. The van der Waals surface area contributed by atoms with E-state index in [1.54, 1.807) is 29.5 Å². The monoisotopic (exact) mass is 357 g/mol. The van der Waals surface area contributed by atoms with Crippen LogP contribution in [0.4, 0.5) is 0 Å². The molecule has 2 rings (SSSR count). The zero-order chi connectivity index (χ0) is 13.8. The maximum Gasteiger partial charge on any atom is 0.252 e. The maximum absolute atomic E-state index is 12.1. The Morgan fingerprint density at radius 2 is 2.21 bits per heavy atom. The second-order valence-electron chi connectivity index (χ2n) is 4.03. The summed E-state index contributed by atoms with van der Waals surface area (Å²) in [4.78, 5) is 13.3. The molecule has 0 bridgehead atoms. The van der Waals surface area contributed by atoms with Crippen LogP contribution in [0.1, 0.15) is 27.7 Å². The number of carbonyl (C=O) groups is 1. The van der Waals surface area contributed by atoms with E-state index in [4.69, 9.17) is 11.6 Å². The van der Waals surface area contributed by atoms with E-state index in [1.807, 2.05) is 0 Å². The van der Waals surface area contributed by atoms with E-state index in [0.29, 0.717) is 17.1 Å². The number of rotatable bonds is 4. The van der Waals surface area contributed by atoms with Gasteiger partial charge in [0.1, 0.15) is 0 Å². The third kappa shape index (κ3) is 3.59. The molecule has 0 aliphatic carbocycles. The molecule has 0 fully saturated rings. The van der Waals surface area contributed by atoms with E-state index in [-0.39, 0.29) is 5.91 Å². The standard InChI is InChI=1S/C14H13BrClNOS/c1-2-9-5-6-19-13(9)8-17-14(18)11-7-10(16)3-4-12(11)15/h3-7H,2,8H2,1H3,(H,17,18). The SMILES string of the molecule is CCc1ccsc1CNC(=O)c1cc(Cl)ccc1Br. The van der Waals surface area contributed by atoms with Gasteiger partial charge in [-0.3, -0.25) is 4.79 Å². The van der Waals surface area contributed by atoms with Crippen molar-refractivity contribution >= 4 is 44.8 Å². The van der Waals surface area contributed by atoms with Crippen LogP contribution in [-0.2, 0) is 13.0 Å². The van der Waals surface area contributed by atoms with Crippen molar-refractivity contribution in [3.8, 4) is 0 Å². The van der Waals surface area contributed by atoms with Gasteiger partial charge in [-0.2, -0.15) is 0 Å². The number of hydrogen-bond acceptors (Lipinski definition) is 2. The fourth-order valence-electron chi connectivity index (χ4n) is 1.76. The van der Waals surface area contributed by atoms with Crippen LogP contribution in [0, 0.1) is 0 Å². The fraction of sp³-hybridized carbons (Fsp3) is 0.214. The molecule has 0 radical (unpaired) electrons. The normalized spacial score (nSPS) is 10.5. The molecule has 2 aromatic rings. The average Bonchev–Trinajstić information content (AvgIpc) is 2.86. The lowest BCUT2D eigenvalue weighted by Gasteiger charge is -2.07. The number of amides is 1. The molecule has 1 aromatic carbocycles. The topological polar surface area (TPSA) is 29.1 Å². The third-order valence-electron chi connectivity index (χ3n) is 2.80. The minimum atomic E-state index is -0.121. The molecule has 0 saturated carbocycles. The fourth-order valence-corrected chi connectivity index (χ4v) is 3.28. The number of halogens is 2. The largest absolute Gasteiger partial charge is 0.347 e. The first kappa shape index (κ1) is 14.6. The molecule has 19 heavy (non-hydrogen) atoms. The van der Waals surface area contributed by atoms with Crippen LogP contribution in [0.25, 0.3) is 0 Å². The van der Waals surface area contributed by atoms with Gasteiger partial charge < -0.3 is 5.32 Å². The minimum absolute atomic E-state index is 0.121. The Hall–Kier alpha value is -0.840. The molecule has 0 saturated heterocycles. The lowest BCUT2D eigenvalue weighted by molar-refractivity contribution is 0.0950. The van der Waals surface area contributed by atoms with E-state index in [2.05, 4.69) is 39.6 Å². The Morgan fingerprint density at radius 1 is 1.42 bits per heavy atom. The predicted molar refractivity (Wildman–Crippen MR) is 84.0 cm³/mol. The van der Waals surface area contributed by atoms with Gasteiger partial charge in [-0.25, -0.2) is 0 Å². The summed E-state index contributed by atoms with van der Waals surface area (Å²) in [5.74, 6) is -0.121. The Bertz CT molecular complexity index is 597. The molecule has 100 valence electrons. The van der Waals surface area contributed by atoms with Crippen molar-refractivity contribution in [1.29, 1.82) is 0 Å². The molecule has 0 spiro atoms. The van der Waals surface area contributed by atoms with Gasteiger partial charge in [-0.1, -0.05) is 18.5 Å². The first-order valence-corrected chi connectivity index (χ1v) is 7.95. The third-order valence-corrected chi connectivity index (χ3v) is 4.69. The lowest BCUT2D eigenvalue weighted by Crippen LogP contribution is -2.23. The second kappa shape index (κ2) is 6.55. The molecule has 2 nitrogen and oxygen atoms in total. The Morgan fingerprint density at radius 3 is 2.95 bits per heavy atom. The van der Waals surface area contributed by atoms with Gasteiger partial charge in [0, 0.05) is 14.4 Å². The van der Waals surface area contributed by atoms with Crippen molar-refractivity contribution < 1.29 is 4.79 Å². The summed E-state index contributed by atoms with van der Waals surface area (Å²) >= 11 is 10.9. The number of carbonyl (C=O) groups excluding carboxylic acids is 1. The van der Waals surface area contributed by atoms with Crippen molar-refractivity contribution in [3.05, 3.63) is 55.1 Å². The average molecular weight is 359 g/mol. The van der Waals surface area contributed by atoms with Crippen LogP contribution in [0.2, 0.25) is 5.02 Å². The van der Waals surface area contributed by atoms with Crippen LogP contribution >= 0.6 is 38.9 Å². The minimum Gasteiger partial charge on any atom is -0.347 e. The Kier molecular flexibility index (Phi) is 5.02. The number of hydrogen-bond donors (Lipinski definition) is 1. The van der Waals surface area contributed by atoms with Gasteiger partial charge in [0.2, 0.25) is 0 Å². The quantitative estimate of drug-likeness (QED) is 0.846. The molecule has 5 heteroatoms.